The highest BCUT2D eigenvalue weighted by Gasteiger charge is 2.27. The van der Waals surface area contributed by atoms with Crippen LogP contribution in [0.25, 0.3) is 0 Å². The van der Waals surface area contributed by atoms with Crippen molar-refractivity contribution in [1.29, 1.82) is 0 Å². The molecule has 132 valence electrons. The standard InChI is InChI=1S/C18H33N3O2/c1-4-21(17-8-6-5-7-9-17)18(23)14-19-10-11-20(13-16(3)22)15(2)12-19/h8,15-16,22H,4-7,9-14H2,1-3H3/t15-,16+/m0/s1. The van der Waals surface area contributed by atoms with Gasteiger partial charge in [0.1, 0.15) is 0 Å². The van der Waals surface area contributed by atoms with E-state index in [4.69, 9.17) is 0 Å². The maximum Gasteiger partial charge on any atom is 0.240 e. The van der Waals surface area contributed by atoms with Crippen LogP contribution in [-0.2, 0) is 4.79 Å². The molecule has 1 N–H and O–H groups in total. The first-order valence-electron chi connectivity index (χ1n) is 9.15. The van der Waals surface area contributed by atoms with Crippen molar-refractivity contribution in [3.05, 3.63) is 11.8 Å². The number of hydrogen-bond donors (Lipinski definition) is 1. The van der Waals surface area contributed by atoms with Crippen LogP contribution in [0.2, 0.25) is 0 Å². The molecular weight excluding hydrogens is 290 g/mol. The summed E-state index contributed by atoms with van der Waals surface area (Å²) in [7, 11) is 0. The van der Waals surface area contributed by atoms with E-state index < -0.39 is 0 Å². The molecule has 2 rings (SSSR count). The Labute approximate surface area is 140 Å². The number of likely N-dealkylation sites (N-methyl/N-ethyl adjacent to an activating group) is 1. The fraction of sp³-hybridized carbons (Fsp3) is 0.833. The van der Waals surface area contributed by atoms with Gasteiger partial charge in [-0.2, -0.15) is 0 Å². The Hall–Kier alpha value is -0.910. The zero-order valence-corrected chi connectivity index (χ0v) is 15.0. The van der Waals surface area contributed by atoms with E-state index in [2.05, 4.69) is 29.7 Å². The molecule has 1 amide bonds. The number of carbonyl (C=O) groups is 1. The van der Waals surface area contributed by atoms with Gasteiger partial charge in [0.05, 0.1) is 12.6 Å². The summed E-state index contributed by atoms with van der Waals surface area (Å²) < 4.78 is 0. The topological polar surface area (TPSA) is 47.0 Å². The molecule has 2 atom stereocenters. The zero-order chi connectivity index (χ0) is 16.8. The summed E-state index contributed by atoms with van der Waals surface area (Å²) in [6, 6.07) is 0.384. The number of amides is 1. The van der Waals surface area contributed by atoms with Crippen molar-refractivity contribution in [2.75, 3.05) is 39.3 Å². The Morgan fingerprint density at radius 2 is 2.22 bits per heavy atom. The molecule has 0 radical (unpaired) electrons. The summed E-state index contributed by atoms with van der Waals surface area (Å²) in [5.41, 5.74) is 1.23. The SMILES string of the molecule is CCN(C(=O)CN1CCN(C[C@@H](C)O)[C@@H](C)C1)C1=CCCCC1. The number of piperazine rings is 1. The third kappa shape index (κ3) is 5.30. The average Bonchev–Trinajstić information content (AvgIpc) is 2.51. The van der Waals surface area contributed by atoms with Gasteiger partial charge in [-0.1, -0.05) is 6.08 Å². The van der Waals surface area contributed by atoms with Crippen molar-refractivity contribution in [1.82, 2.24) is 14.7 Å². The molecule has 2 aliphatic rings. The predicted octanol–water partition coefficient (Wildman–Crippen LogP) is 1.68. The minimum absolute atomic E-state index is 0.233. The lowest BCUT2D eigenvalue weighted by atomic mass is 10.0. The molecule has 1 heterocycles. The van der Waals surface area contributed by atoms with E-state index in [1.807, 2.05) is 11.8 Å². The van der Waals surface area contributed by atoms with Gasteiger partial charge in [-0.05, 0) is 46.5 Å². The maximum absolute atomic E-state index is 12.7. The second kappa shape index (κ2) is 8.81. The summed E-state index contributed by atoms with van der Waals surface area (Å²) in [6.45, 7) is 10.8. The van der Waals surface area contributed by atoms with Gasteiger partial charge in [0, 0.05) is 44.5 Å². The van der Waals surface area contributed by atoms with E-state index in [0.717, 1.165) is 45.6 Å². The van der Waals surface area contributed by atoms with Gasteiger partial charge < -0.3 is 10.0 Å². The Bertz CT molecular complexity index is 422. The molecule has 0 aromatic heterocycles. The number of β-amino-alcohol motifs (C(OH)–C–C–N with tert-alkyl or cyclic N) is 1. The average molecular weight is 323 g/mol. The quantitative estimate of drug-likeness (QED) is 0.808. The highest BCUT2D eigenvalue weighted by atomic mass is 16.3. The molecule has 1 aliphatic heterocycles. The van der Waals surface area contributed by atoms with Crippen LogP contribution in [0.5, 0.6) is 0 Å². The lowest BCUT2D eigenvalue weighted by Crippen LogP contribution is -2.55. The van der Waals surface area contributed by atoms with Crippen LogP contribution in [0.1, 0.15) is 46.5 Å². The number of carbonyl (C=O) groups excluding carboxylic acids is 1. The molecule has 5 nitrogen and oxygen atoms in total. The fourth-order valence-electron chi connectivity index (χ4n) is 3.71. The molecule has 0 bridgehead atoms. The smallest absolute Gasteiger partial charge is 0.240 e. The van der Waals surface area contributed by atoms with E-state index in [-0.39, 0.29) is 12.0 Å². The summed E-state index contributed by atoms with van der Waals surface area (Å²) >= 11 is 0. The number of rotatable bonds is 6. The van der Waals surface area contributed by atoms with E-state index in [0.29, 0.717) is 12.6 Å². The van der Waals surface area contributed by atoms with E-state index in [1.54, 1.807) is 0 Å². The number of allylic oxidation sites excluding steroid dienone is 2. The third-order valence-electron chi connectivity index (χ3n) is 4.94. The second-order valence-electron chi connectivity index (χ2n) is 7.01. The van der Waals surface area contributed by atoms with Crippen LogP contribution in [0.15, 0.2) is 11.8 Å². The van der Waals surface area contributed by atoms with Crippen molar-refractivity contribution < 1.29 is 9.90 Å². The summed E-state index contributed by atoms with van der Waals surface area (Å²) in [4.78, 5) is 19.2. The summed E-state index contributed by atoms with van der Waals surface area (Å²) in [5, 5.41) is 9.56. The minimum Gasteiger partial charge on any atom is -0.392 e. The first-order chi connectivity index (χ1) is 11.0. The van der Waals surface area contributed by atoms with Gasteiger partial charge in [-0.15, -0.1) is 0 Å². The molecule has 0 saturated carbocycles. The zero-order valence-electron chi connectivity index (χ0n) is 15.0. The van der Waals surface area contributed by atoms with Crippen LogP contribution in [-0.4, -0.2) is 77.1 Å². The van der Waals surface area contributed by atoms with Crippen molar-refractivity contribution >= 4 is 5.91 Å². The fourth-order valence-corrected chi connectivity index (χ4v) is 3.71. The van der Waals surface area contributed by atoms with Crippen LogP contribution in [0.3, 0.4) is 0 Å². The number of hydrogen-bond acceptors (Lipinski definition) is 4. The highest BCUT2D eigenvalue weighted by Crippen LogP contribution is 2.21. The van der Waals surface area contributed by atoms with E-state index in [1.165, 1.54) is 18.5 Å². The summed E-state index contributed by atoms with van der Waals surface area (Å²) in [6.07, 6.45) is 6.54. The van der Waals surface area contributed by atoms with E-state index >= 15 is 0 Å². The second-order valence-corrected chi connectivity index (χ2v) is 7.01. The molecule has 23 heavy (non-hydrogen) atoms. The monoisotopic (exact) mass is 323 g/mol. The molecule has 0 aromatic carbocycles. The first kappa shape index (κ1) is 18.4. The third-order valence-corrected chi connectivity index (χ3v) is 4.94. The molecular formula is C18H33N3O2. The Morgan fingerprint density at radius 1 is 1.43 bits per heavy atom. The molecule has 0 spiro atoms. The van der Waals surface area contributed by atoms with Gasteiger partial charge in [0.15, 0.2) is 0 Å². The van der Waals surface area contributed by atoms with Crippen LogP contribution < -0.4 is 0 Å². The number of aliphatic hydroxyl groups is 1. The summed E-state index contributed by atoms with van der Waals surface area (Å²) in [5.74, 6) is 0.233. The Balaban J connectivity index is 1.86. The van der Waals surface area contributed by atoms with Gasteiger partial charge >= 0.3 is 0 Å². The molecule has 5 heteroatoms. The Kier molecular flexibility index (Phi) is 7.06. The van der Waals surface area contributed by atoms with E-state index in [9.17, 15) is 9.90 Å². The largest absolute Gasteiger partial charge is 0.392 e. The number of aliphatic hydroxyl groups excluding tert-OH is 1. The first-order valence-corrected chi connectivity index (χ1v) is 9.15. The minimum atomic E-state index is -0.292. The molecule has 1 saturated heterocycles. The van der Waals surface area contributed by atoms with Crippen molar-refractivity contribution in [2.45, 2.75) is 58.6 Å². The lowest BCUT2D eigenvalue weighted by molar-refractivity contribution is -0.131. The molecule has 1 fully saturated rings. The lowest BCUT2D eigenvalue weighted by Gasteiger charge is -2.40. The van der Waals surface area contributed by atoms with Crippen molar-refractivity contribution in [3.63, 3.8) is 0 Å². The van der Waals surface area contributed by atoms with Gasteiger partial charge in [0.2, 0.25) is 5.91 Å². The maximum atomic E-state index is 12.7. The van der Waals surface area contributed by atoms with Gasteiger partial charge in [-0.3, -0.25) is 14.6 Å². The Morgan fingerprint density at radius 3 is 2.78 bits per heavy atom. The van der Waals surface area contributed by atoms with Gasteiger partial charge in [-0.25, -0.2) is 0 Å². The van der Waals surface area contributed by atoms with Crippen molar-refractivity contribution in [2.24, 2.45) is 0 Å². The van der Waals surface area contributed by atoms with Crippen LogP contribution in [0.4, 0.5) is 0 Å². The number of nitrogens with zero attached hydrogens (tertiary/aromatic N) is 3. The molecule has 0 unspecified atom stereocenters. The molecule has 0 aromatic rings. The van der Waals surface area contributed by atoms with Crippen molar-refractivity contribution in [3.8, 4) is 0 Å². The van der Waals surface area contributed by atoms with Crippen LogP contribution in [0, 0.1) is 0 Å². The normalized spacial score (nSPS) is 25.0. The van der Waals surface area contributed by atoms with Gasteiger partial charge in [0.25, 0.3) is 0 Å². The molecule has 1 aliphatic carbocycles. The predicted molar refractivity (Wildman–Crippen MR) is 93.1 cm³/mol. The van der Waals surface area contributed by atoms with Crippen LogP contribution >= 0.6 is 0 Å². The highest BCUT2D eigenvalue weighted by molar-refractivity contribution is 5.80.